The molecule has 146 valence electrons. The largest absolute Gasteiger partial charge is 0.356 e. The molecule has 0 radical (unpaired) electrons. The van der Waals surface area contributed by atoms with Gasteiger partial charge < -0.3 is 16.0 Å². The minimum absolute atomic E-state index is 0.0844. The molecule has 2 aromatic heterocycles. The Hall–Kier alpha value is -2.90. The number of hydrogen-bond donors (Lipinski definition) is 3. The third-order valence-corrected chi connectivity index (χ3v) is 3.99. The fourth-order valence-electron chi connectivity index (χ4n) is 2.60. The van der Waals surface area contributed by atoms with Crippen LogP contribution in [0, 0.1) is 20.8 Å². The van der Waals surface area contributed by atoms with Gasteiger partial charge >= 0.3 is 0 Å². The molecule has 0 unspecified atom stereocenters. The van der Waals surface area contributed by atoms with Crippen molar-refractivity contribution in [2.24, 2.45) is 4.99 Å². The summed E-state index contributed by atoms with van der Waals surface area (Å²) in [5, 5.41) is 13.6. The van der Waals surface area contributed by atoms with Gasteiger partial charge in [0.1, 0.15) is 5.82 Å². The number of nitrogens with one attached hydrogen (secondary N) is 3. The Morgan fingerprint density at radius 1 is 1.19 bits per heavy atom. The number of aromatic nitrogens is 3. The molecule has 27 heavy (non-hydrogen) atoms. The summed E-state index contributed by atoms with van der Waals surface area (Å²) < 4.78 is 2.01. The summed E-state index contributed by atoms with van der Waals surface area (Å²) in [5.74, 6) is 1.17. The summed E-state index contributed by atoms with van der Waals surface area (Å²) in [5.41, 5.74) is 3.27. The number of amides is 1. The van der Waals surface area contributed by atoms with E-state index in [4.69, 9.17) is 0 Å². The average Bonchev–Trinajstić information content (AvgIpc) is 2.96. The SMILES string of the molecule is CN=C(NCCCn1nc(C)cc1C)NCCC(=O)Nc1ccc(C)cn1. The molecular weight excluding hydrogens is 342 g/mol. The van der Waals surface area contributed by atoms with Crippen molar-refractivity contribution in [3.8, 4) is 0 Å². The van der Waals surface area contributed by atoms with Crippen molar-refractivity contribution >= 4 is 17.7 Å². The monoisotopic (exact) mass is 371 g/mol. The highest BCUT2D eigenvalue weighted by Crippen LogP contribution is 2.04. The molecule has 0 aromatic carbocycles. The summed E-state index contributed by atoms with van der Waals surface area (Å²) in [6.45, 7) is 8.14. The predicted octanol–water partition coefficient (Wildman–Crippen LogP) is 1.79. The first-order valence-electron chi connectivity index (χ1n) is 9.16. The van der Waals surface area contributed by atoms with Crippen LogP contribution in [-0.4, -0.2) is 46.8 Å². The number of aryl methyl sites for hydroxylation is 4. The lowest BCUT2D eigenvalue weighted by Crippen LogP contribution is -2.39. The van der Waals surface area contributed by atoms with E-state index in [9.17, 15) is 4.79 Å². The standard InChI is InChI=1S/C19H29N7O/c1-14-6-7-17(23-13-14)24-18(27)8-10-22-19(20-4)21-9-5-11-26-16(3)12-15(2)25-26/h6-7,12-13H,5,8-11H2,1-4H3,(H2,20,21,22)(H,23,24,27). The molecule has 0 fully saturated rings. The first-order valence-corrected chi connectivity index (χ1v) is 9.16. The van der Waals surface area contributed by atoms with Gasteiger partial charge in [-0.15, -0.1) is 0 Å². The van der Waals surface area contributed by atoms with Crippen LogP contribution in [0.3, 0.4) is 0 Å². The number of rotatable bonds is 8. The van der Waals surface area contributed by atoms with Gasteiger partial charge in [-0.05, 0) is 44.9 Å². The van der Waals surface area contributed by atoms with Crippen molar-refractivity contribution < 1.29 is 4.79 Å². The molecule has 8 heteroatoms. The number of aliphatic imine (C=N–C) groups is 1. The molecule has 0 saturated carbocycles. The first kappa shape index (κ1) is 20.4. The summed E-state index contributed by atoms with van der Waals surface area (Å²) in [4.78, 5) is 20.3. The number of hydrogen-bond acceptors (Lipinski definition) is 4. The predicted molar refractivity (Wildman–Crippen MR) is 108 cm³/mol. The zero-order valence-corrected chi connectivity index (χ0v) is 16.5. The van der Waals surface area contributed by atoms with Gasteiger partial charge in [-0.2, -0.15) is 5.10 Å². The lowest BCUT2D eigenvalue weighted by molar-refractivity contribution is -0.116. The van der Waals surface area contributed by atoms with Crippen LogP contribution in [0.25, 0.3) is 0 Å². The van der Waals surface area contributed by atoms with Crippen molar-refractivity contribution in [2.75, 3.05) is 25.5 Å². The van der Waals surface area contributed by atoms with E-state index < -0.39 is 0 Å². The summed E-state index contributed by atoms with van der Waals surface area (Å²) in [6, 6.07) is 5.79. The van der Waals surface area contributed by atoms with Gasteiger partial charge in [0.25, 0.3) is 0 Å². The quantitative estimate of drug-likeness (QED) is 0.373. The molecule has 0 aliphatic carbocycles. The molecule has 2 heterocycles. The summed E-state index contributed by atoms with van der Waals surface area (Å²) in [7, 11) is 1.71. The van der Waals surface area contributed by atoms with Gasteiger partial charge in [0, 0.05) is 45.0 Å². The van der Waals surface area contributed by atoms with E-state index in [2.05, 4.69) is 44.0 Å². The zero-order valence-electron chi connectivity index (χ0n) is 16.5. The highest BCUT2D eigenvalue weighted by atomic mass is 16.1. The van der Waals surface area contributed by atoms with Crippen molar-refractivity contribution in [1.82, 2.24) is 25.4 Å². The first-order chi connectivity index (χ1) is 13.0. The van der Waals surface area contributed by atoms with Crippen LogP contribution < -0.4 is 16.0 Å². The topological polar surface area (TPSA) is 96.2 Å². The van der Waals surface area contributed by atoms with Crippen LogP contribution in [0.4, 0.5) is 5.82 Å². The Labute approximate surface area is 160 Å². The van der Waals surface area contributed by atoms with E-state index in [0.717, 1.165) is 30.8 Å². The zero-order chi connectivity index (χ0) is 19.6. The number of carbonyl (C=O) groups is 1. The van der Waals surface area contributed by atoms with Crippen LogP contribution >= 0.6 is 0 Å². The molecule has 2 aromatic rings. The molecule has 3 N–H and O–H groups in total. The highest BCUT2D eigenvalue weighted by Gasteiger charge is 2.05. The molecular formula is C19H29N7O. The Kier molecular flexibility index (Phi) is 7.79. The Morgan fingerprint density at radius 3 is 2.59 bits per heavy atom. The fraction of sp³-hybridized carbons (Fsp3) is 0.474. The fourth-order valence-corrected chi connectivity index (χ4v) is 2.60. The van der Waals surface area contributed by atoms with Gasteiger partial charge in [-0.3, -0.25) is 14.5 Å². The molecule has 8 nitrogen and oxygen atoms in total. The number of pyridine rings is 1. The Morgan fingerprint density at radius 2 is 1.96 bits per heavy atom. The van der Waals surface area contributed by atoms with E-state index >= 15 is 0 Å². The van der Waals surface area contributed by atoms with Crippen LogP contribution in [0.2, 0.25) is 0 Å². The molecule has 1 amide bonds. The van der Waals surface area contributed by atoms with Gasteiger partial charge in [0.15, 0.2) is 5.96 Å². The van der Waals surface area contributed by atoms with E-state index in [-0.39, 0.29) is 5.91 Å². The van der Waals surface area contributed by atoms with E-state index in [1.165, 1.54) is 5.69 Å². The van der Waals surface area contributed by atoms with Crippen LogP contribution in [0.1, 0.15) is 29.8 Å². The second kappa shape index (κ2) is 10.3. The second-order valence-corrected chi connectivity index (χ2v) is 6.45. The number of anilines is 1. The molecule has 0 saturated heterocycles. The number of carbonyl (C=O) groups excluding carboxylic acids is 1. The normalized spacial score (nSPS) is 11.3. The maximum atomic E-state index is 12.0. The summed E-state index contributed by atoms with van der Waals surface area (Å²) in [6.07, 6.45) is 3.00. The van der Waals surface area contributed by atoms with E-state index in [1.807, 2.05) is 24.6 Å². The minimum atomic E-state index is -0.0844. The third kappa shape index (κ3) is 7.08. The maximum Gasteiger partial charge on any atom is 0.227 e. The van der Waals surface area contributed by atoms with Gasteiger partial charge in [-0.25, -0.2) is 4.98 Å². The van der Waals surface area contributed by atoms with Crippen molar-refractivity contribution in [3.05, 3.63) is 41.3 Å². The number of nitrogens with zero attached hydrogens (tertiary/aromatic N) is 4. The van der Waals surface area contributed by atoms with Crippen molar-refractivity contribution in [2.45, 2.75) is 40.2 Å². The van der Waals surface area contributed by atoms with Crippen molar-refractivity contribution in [1.29, 1.82) is 0 Å². The van der Waals surface area contributed by atoms with Crippen LogP contribution in [0.15, 0.2) is 29.4 Å². The summed E-state index contributed by atoms with van der Waals surface area (Å²) >= 11 is 0. The molecule has 0 aliphatic rings. The molecule has 0 atom stereocenters. The molecule has 2 rings (SSSR count). The smallest absolute Gasteiger partial charge is 0.227 e. The lowest BCUT2D eigenvalue weighted by atomic mass is 10.3. The second-order valence-electron chi connectivity index (χ2n) is 6.45. The van der Waals surface area contributed by atoms with Crippen LogP contribution in [-0.2, 0) is 11.3 Å². The van der Waals surface area contributed by atoms with Crippen LogP contribution in [0.5, 0.6) is 0 Å². The Bertz CT molecular complexity index is 765. The Balaban J connectivity index is 1.62. The molecule has 0 aliphatic heterocycles. The lowest BCUT2D eigenvalue weighted by Gasteiger charge is -2.12. The van der Waals surface area contributed by atoms with Gasteiger partial charge in [0.05, 0.1) is 5.69 Å². The number of guanidine groups is 1. The van der Waals surface area contributed by atoms with Gasteiger partial charge in [-0.1, -0.05) is 6.07 Å². The molecule has 0 bridgehead atoms. The average molecular weight is 371 g/mol. The minimum Gasteiger partial charge on any atom is -0.356 e. The van der Waals surface area contributed by atoms with Crippen molar-refractivity contribution in [3.63, 3.8) is 0 Å². The van der Waals surface area contributed by atoms with Gasteiger partial charge in [0.2, 0.25) is 5.91 Å². The van der Waals surface area contributed by atoms with E-state index in [0.29, 0.717) is 24.7 Å². The molecule has 0 spiro atoms. The third-order valence-electron chi connectivity index (χ3n) is 3.99. The highest BCUT2D eigenvalue weighted by molar-refractivity contribution is 5.90. The van der Waals surface area contributed by atoms with E-state index in [1.54, 1.807) is 19.3 Å². The maximum absolute atomic E-state index is 12.0.